The van der Waals surface area contributed by atoms with Gasteiger partial charge in [-0.15, -0.1) is 0 Å². The van der Waals surface area contributed by atoms with Gasteiger partial charge in [0, 0.05) is 0 Å². The standard InChI is InChI=1S/C16H20F2O/c17-15-13(9-11-5-6-11)7-8-14(16(15)18)19-10-12-3-1-2-4-12/h7-8,11-12H,1-6,9-10H2. The van der Waals surface area contributed by atoms with Gasteiger partial charge in [-0.25, -0.2) is 4.39 Å². The molecule has 3 heteroatoms. The van der Waals surface area contributed by atoms with E-state index in [0.29, 0.717) is 30.4 Å². The Bertz CT molecular complexity index is 448. The first-order chi connectivity index (χ1) is 9.24. The maximum atomic E-state index is 13.9. The molecule has 2 saturated carbocycles. The predicted octanol–water partition coefficient (Wildman–Crippen LogP) is 4.49. The monoisotopic (exact) mass is 266 g/mol. The van der Waals surface area contributed by atoms with Crippen molar-refractivity contribution in [1.82, 2.24) is 0 Å². The highest BCUT2D eigenvalue weighted by atomic mass is 19.2. The van der Waals surface area contributed by atoms with E-state index in [0.717, 1.165) is 25.7 Å². The molecular formula is C16H20F2O. The quantitative estimate of drug-likeness (QED) is 0.763. The Hall–Kier alpha value is -1.12. The molecule has 2 aliphatic carbocycles. The van der Waals surface area contributed by atoms with Crippen LogP contribution in [0.25, 0.3) is 0 Å². The summed E-state index contributed by atoms with van der Waals surface area (Å²) in [6.45, 7) is 0.512. The number of benzene rings is 1. The zero-order valence-electron chi connectivity index (χ0n) is 11.1. The van der Waals surface area contributed by atoms with E-state index >= 15 is 0 Å². The molecular weight excluding hydrogens is 246 g/mol. The van der Waals surface area contributed by atoms with Crippen LogP contribution in [0.4, 0.5) is 8.78 Å². The van der Waals surface area contributed by atoms with Crippen molar-refractivity contribution < 1.29 is 13.5 Å². The molecule has 104 valence electrons. The van der Waals surface area contributed by atoms with Crippen molar-refractivity contribution in [1.29, 1.82) is 0 Å². The molecule has 0 bridgehead atoms. The van der Waals surface area contributed by atoms with Crippen molar-refractivity contribution in [2.45, 2.75) is 44.9 Å². The predicted molar refractivity (Wildman–Crippen MR) is 70.2 cm³/mol. The minimum atomic E-state index is -0.809. The van der Waals surface area contributed by atoms with E-state index in [-0.39, 0.29) is 5.75 Å². The molecule has 1 aromatic carbocycles. The van der Waals surface area contributed by atoms with Gasteiger partial charge in [0.05, 0.1) is 6.61 Å². The van der Waals surface area contributed by atoms with Crippen molar-refractivity contribution in [2.75, 3.05) is 6.61 Å². The molecule has 0 spiro atoms. The van der Waals surface area contributed by atoms with Crippen LogP contribution < -0.4 is 4.74 Å². The average Bonchev–Trinajstić information content (AvgIpc) is 3.07. The van der Waals surface area contributed by atoms with Gasteiger partial charge >= 0.3 is 0 Å². The van der Waals surface area contributed by atoms with E-state index in [4.69, 9.17) is 4.74 Å². The molecule has 1 aromatic rings. The molecule has 0 aliphatic heterocycles. The number of hydrogen-bond donors (Lipinski definition) is 0. The molecule has 0 atom stereocenters. The van der Waals surface area contributed by atoms with Crippen molar-refractivity contribution in [3.8, 4) is 5.75 Å². The second-order valence-electron chi connectivity index (χ2n) is 5.96. The topological polar surface area (TPSA) is 9.23 Å². The summed E-state index contributed by atoms with van der Waals surface area (Å²) < 4.78 is 33.3. The zero-order chi connectivity index (χ0) is 13.2. The van der Waals surface area contributed by atoms with Gasteiger partial charge in [-0.2, -0.15) is 4.39 Å². The van der Waals surface area contributed by atoms with Gasteiger partial charge in [-0.1, -0.05) is 18.9 Å². The Kier molecular flexibility index (Phi) is 3.72. The molecule has 0 amide bonds. The number of ether oxygens (including phenoxy) is 1. The van der Waals surface area contributed by atoms with E-state index < -0.39 is 11.6 Å². The smallest absolute Gasteiger partial charge is 0.200 e. The summed E-state index contributed by atoms with van der Waals surface area (Å²) in [7, 11) is 0. The number of rotatable bonds is 5. The second kappa shape index (κ2) is 5.48. The summed E-state index contributed by atoms with van der Waals surface area (Å²) in [6.07, 6.45) is 7.68. The number of halogens is 2. The van der Waals surface area contributed by atoms with E-state index in [1.165, 1.54) is 12.8 Å². The second-order valence-corrected chi connectivity index (χ2v) is 5.96. The average molecular weight is 266 g/mol. The van der Waals surface area contributed by atoms with Crippen LogP contribution in [0.5, 0.6) is 5.75 Å². The SMILES string of the molecule is Fc1c(CC2CC2)ccc(OCC2CCCC2)c1F. The van der Waals surface area contributed by atoms with Crippen LogP contribution in [0, 0.1) is 23.5 Å². The van der Waals surface area contributed by atoms with E-state index in [1.54, 1.807) is 12.1 Å². The van der Waals surface area contributed by atoms with E-state index in [1.807, 2.05) is 0 Å². The highest BCUT2D eigenvalue weighted by molar-refractivity contribution is 5.31. The Morgan fingerprint density at radius 2 is 1.68 bits per heavy atom. The van der Waals surface area contributed by atoms with Crippen molar-refractivity contribution in [3.63, 3.8) is 0 Å². The van der Waals surface area contributed by atoms with Crippen LogP contribution in [0.3, 0.4) is 0 Å². The summed E-state index contributed by atoms with van der Waals surface area (Å²) in [5.74, 6) is -0.385. The maximum Gasteiger partial charge on any atom is 0.200 e. The summed E-state index contributed by atoms with van der Waals surface area (Å²) in [5.41, 5.74) is 0.494. The molecule has 0 unspecified atom stereocenters. The lowest BCUT2D eigenvalue weighted by atomic mass is 10.1. The first kappa shape index (κ1) is 12.9. The van der Waals surface area contributed by atoms with Crippen LogP contribution in [0.15, 0.2) is 12.1 Å². The highest BCUT2D eigenvalue weighted by Crippen LogP contribution is 2.35. The molecule has 2 fully saturated rings. The van der Waals surface area contributed by atoms with Gasteiger partial charge in [0.1, 0.15) is 0 Å². The van der Waals surface area contributed by atoms with Crippen LogP contribution in [0.1, 0.15) is 44.1 Å². The molecule has 0 N–H and O–H groups in total. The number of hydrogen-bond acceptors (Lipinski definition) is 1. The van der Waals surface area contributed by atoms with Gasteiger partial charge in [-0.05, 0) is 55.6 Å². The third-order valence-electron chi connectivity index (χ3n) is 4.28. The molecule has 19 heavy (non-hydrogen) atoms. The fourth-order valence-electron chi connectivity index (χ4n) is 2.86. The van der Waals surface area contributed by atoms with Gasteiger partial charge < -0.3 is 4.74 Å². The van der Waals surface area contributed by atoms with Crippen molar-refractivity contribution in [2.24, 2.45) is 11.8 Å². The third kappa shape index (κ3) is 3.07. The first-order valence-electron chi connectivity index (χ1n) is 7.33. The highest BCUT2D eigenvalue weighted by Gasteiger charge is 2.25. The van der Waals surface area contributed by atoms with Gasteiger partial charge in [0.15, 0.2) is 11.6 Å². The summed E-state index contributed by atoms with van der Waals surface area (Å²) in [6, 6.07) is 3.27. The Balaban J connectivity index is 1.65. The minimum Gasteiger partial charge on any atom is -0.490 e. The zero-order valence-corrected chi connectivity index (χ0v) is 11.1. The molecule has 0 saturated heterocycles. The van der Waals surface area contributed by atoms with E-state index in [9.17, 15) is 8.78 Å². The van der Waals surface area contributed by atoms with Crippen molar-refractivity contribution in [3.05, 3.63) is 29.3 Å². The molecule has 1 nitrogen and oxygen atoms in total. The molecule has 0 aromatic heterocycles. The van der Waals surface area contributed by atoms with Gasteiger partial charge in [0.25, 0.3) is 0 Å². The molecule has 0 radical (unpaired) electrons. The van der Waals surface area contributed by atoms with Crippen molar-refractivity contribution >= 4 is 0 Å². The first-order valence-corrected chi connectivity index (χ1v) is 7.33. The summed E-state index contributed by atoms with van der Waals surface area (Å²) in [5, 5.41) is 0. The Morgan fingerprint density at radius 3 is 2.37 bits per heavy atom. The molecule has 2 aliphatic rings. The maximum absolute atomic E-state index is 13.9. The summed E-state index contributed by atoms with van der Waals surface area (Å²) >= 11 is 0. The summed E-state index contributed by atoms with van der Waals surface area (Å²) in [4.78, 5) is 0. The van der Waals surface area contributed by atoms with Gasteiger partial charge in [0.2, 0.25) is 5.82 Å². The van der Waals surface area contributed by atoms with Crippen LogP contribution in [-0.4, -0.2) is 6.61 Å². The van der Waals surface area contributed by atoms with Gasteiger partial charge in [-0.3, -0.25) is 0 Å². The van der Waals surface area contributed by atoms with Crippen LogP contribution >= 0.6 is 0 Å². The fourth-order valence-corrected chi connectivity index (χ4v) is 2.86. The Labute approximate surface area is 113 Å². The van der Waals surface area contributed by atoms with Crippen LogP contribution in [0.2, 0.25) is 0 Å². The minimum absolute atomic E-state index is 0.0731. The third-order valence-corrected chi connectivity index (χ3v) is 4.28. The lowest BCUT2D eigenvalue weighted by molar-refractivity contribution is 0.238. The molecule has 0 heterocycles. The Morgan fingerprint density at radius 1 is 0.947 bits per heavy atom. The molecule has 3 rings (SSSR count). The lowest BCUT2D eigenvalue weighted by Gasteiger charge is -2.13. The normalized spacial score (nSPS) is 19.9. The van der Waals surface area contributed by atoms with Crippen LogP contribution in [-0.2, 0) is 6.42 Å². The lowest BCUT2D eigenvalue weighted by Crippen LogP contribution is -2.10. The van der Waals surface area contributed by atoms with E-state index in [2.05, 4.69) is 0 Å². The largest absolute Gasteiger partial charge is 0.490 e. The fraction of sp³-hybridized carbons (Fsp3) is 0.625.